The average molecular weight is 337 g/mol. The molecule has 3 heterocycles. The first-order valence-electron chi connectivity index (χ1n) is 8.77. The smallest absolute Gasteiger partial charge is 0.145 e. The van der Waals surface area contributed by atoms with Crippen molar-refractivity contribution in [2.75, 3.05) is 20.2 Å². The van der Waals surface area contributed by atoms with Gasteiger partial charge in [0.15, 0.2) is 0 Å². The highest BCUT2D eigenvalue weighted by Crippen LogP contribution is 2.36. The van der Waals surface area contributed by atoms with Gasteiger partial charge in [-0.05, 0) is 29.8 Å². The van der Waals surface area contributed by atoms with Gasteiger partial charge in [-0.3, -0.25) is 9.88 Å². The molecular formula is C20H23N3O2. The molecule has 1 fully saturated rings. The van der Waals surface area contributed by atoms with Gasteiger partial charge in [0.2, 0.25) is 0 Å². The van der Waals surface area contributed by atoms with Crippen LogP contribution in [0.3, 0.4) is 0 Å². The Morgan fingerprint density at radius 3 is 2.64 bits per heavy atom. The number of pyridine rings is 1. The van der Waals surface area contributed by atoms with E-state index in [2.05, 4.69) is 27.2 Å². The Labute approximate surface area is 148 Å². The molecule has 5 nitrogen and oxygen atoms in total. The van der Waals surface area contributed by atoms with Crippen LogP contribution in [-0.4, -0.2) is 41.4 Å². The molecule has 1 aromatic carbocycles. The lowest BCUT2D eigenvalue weighted by atomic mass is 9.85. The van der Waals surface area contributed by atoms with E-state index in [0.717, 1.165) is 55.9 Å². The molecule has 5 heteroatoms. The Morgan fingerprint density at radius 2 is 1.96 bits per heavy atom. The van der Waals surface area contributed by atoms with E-state index in [1.165, 1.54) is 5.56 Å². The normalized spacial score (nSPS) is 19.5. The fourth-order valence-corrected chi connectivity index (χ4v) is 3.59. The highest BCUT2D eigenvalue weighted by Gasteiger charge is 2.42. The minimum absolute atomic E-state index is 0.123. The van der Waals surface area contributed by atoms with Crippen molar-refractivity contribution in [2.45, 2.75) is 31.4 Å². The predicted molar refractivity (Wildman–Crippen MR) is 96.7 cm³/mol. The van der Waals surface area contributed by atoms with E-state index in [0.29, 0.717) is 0 Å². The Hall–Kier alpha value is -2.40. The monoisotopic (exact) mass is 337 g/mol. The van der Waals surface area contributed by atoms with E-state index in [1.54, 1.807) is 13.3 Å². The number of ether oxygens (including phenoxy) is 1. The largest absolute Gasteiger partial charge is 0.497 e. The molecule has 1 aromatic heterocycles. The van der Waals surface area contributed by atoms with Gasteiger partial charge in [0.25, 0.3) is 0 Å². The van der Waals surface area contributed by atoms with Crippen molar-refractivity contribution in [3.8, 4) is 5.75 Å². The van der Waals surface area contributed by atoms with Crippen molar-refractivity contribution in [2.24, 2.45) is 5.16 Å². The van der Waals surface area contributed by atoms with Crippen LogP contribution in [0, 0.1) is 0 Å². The summed E-state index contributed by atoms with van der Waals surface area (Å²) in [5, 5.41) is 4.36. The van der Waals surface area contributed by atoms with Gasteiger partial charge in [0.05, 0.1) is 12.8 Å². The van der Waals surface area contributed by atoms with Gasteiger partial charge in [-0.25, -0.2) is 0 Å². The van der Waals surface area contributed by atoms with Gasteiger partial charge in [-0.1, -0.05) is 17.3 Å². The lowest BCUT2D eigenvalue weighted by Crippen LogP contribution is -2.44. The van der Waals surface area contributed by atoms with Gasteiger partial charge in [-0.15, -0.1) is 0 Å². The third-order valence-electron chi connectivity index (χ3n) is 5.17. The van der Waals surface area contributed by atoms with Crippen LogP contribution in [0.5, 0.6) is 5.75 Å². The number of nitrogens with zero attached hydrogens (tertiary/aromatic N) is 3. The standard InChI is InChI=1S/C20H23N3O2/c1-24-18-6-4-16(5-7-18)15-23-11-8-20(9-12-23)13-19(22-25-20)17-3-2-10-21-14-17/h2-7,10,14H,8-9,11-13,15H2,1H3. The van der Waals surface area contributed by atoms with Crippen LogP contribution in [0.15, 0.2) is 53.9 Å². The van der Waals surface area contributed by atoms with Gasteiger partial charge in [0.1, 0.15) is 11.4 Å². The molecule has 1 saturated heterocycles. The van der Waals surface area contributed by atoms with E-state index in [9.17, 15) is 0 Å². The zero-order chi connectivity index (χ0) is 17.1. The topological polar surface area (TPSA) is 47.0 Å². The Morgan fingerprint density at radius 1 is 1.16 bits per heavy atom. The van der Waals surface area contributed by atoms with Crippen LogP contribution >= 0.6 is 0 Å². The zero-order valence-electron chi connectivity index (χ0n) is 14.5. The third-order valence-corrected chi connectivity index (χ3v) is 5.17. The number of aromatic nitrogens is 1. The third kappa shape index (κ3) is 3.51. The minimum atomic E-state index is -0.123. The minimum Gasteiger partial charge on any atom is -0.497 e. The summed E-state index contributed by atoms with van der Waals surface area (Å²) in [6.45, 7) is 3.03. The van der Waals surface area contributed by atoms with Crippen molar-refractivity contribution in [1.29, 1.82) is 0 Å². The van der Waals surface area contributed by atoms with Gasteiger partial charge >= 0.3 is 0 Å². The summed E-state index contributed by atoms with van der Waals surface area (Å²) in [6.07, 6.45) is 6.55. The number of rotatable bonds is 4. The van der Waals surface area contributed by atoms with Crippen molar-refractivity contribution < 1.29 is 9.57 Å². The maximum atomic E-state index is 5.89. The van der Waals surface area contributed by atoms with E-state index in [1.807, 2.05) is 30.5 Å². The van der Waals surface area contributed by atoms with Crippen molar-refractivity contribution in [3.05, 3.63) is 59.9 Å². The summed E-state index contributed by atoms with van der Waals surface area (Å²) >= 11 is 0. The Balaban J connectivity index is 1.33. The number of hydrogen-bond acceptors (Lipinski definition) is 5. The molecule has 0 bridgehead atoms. The molecule has 2 aromatic rings. The second kappa shape index (κ2) is 6.84. The molecule has 4 rings (SSSR count). The van der Waals surface area contributed by atoms with Crippen molar-refractivity contribution >= 4 is 5.71 Å². The van der Waals surface area contributed by atoms with Crippen LogP contribution in [0.4, 0.5) is 0 Å². The number of oxime groups is 1. The SMILES string of the molecule is COc1ccc(CN2CCC3(CC2)CC(c2cccnc2)=NO3)cc1. The molecular weight excluding hydrogens is 314 g/mol. The molecule has 2 aliphatic rings. The molecule has 2 aliphatic heterocycles. The molecule has 25 heavy (non-hydrogen) atoms. The fraction of sp³-hybridized carbons (Fsp3) is 0.400. The molecule has 1 spiro atoms. The average Bonchev–Trinajstić information content (AvgIpc) is 3.09. The second-order valence-corrected chi connectivity index (χ2v) is 6.85. The van der Waals surface area contributed by atoms with Gasteiger partial charge < -0.3 is 9.57 Å². The number of hydrogen-bond donors (Lipinski definition) is 0. The van der Waals surface area contributed by atoms with Crippen LogP contribution in [0.1, 0.15) is 30.4 Å². The number of benzene rings is 1. The van der Waals surface area contributed by atoms with E-state index in [4.69, 9.17) is 9.57 Å². The van der Waals surface area contributed by atoms with E-state index < -0.39 is 0 Å². The molecule has 0 N–H and O–H groups in total. The van der Waals surface area contributed by atoms with Crippen LogP contribution in [-0.2, 0) is 11.4 Å². The predicted octanol–water partition coefficient (Wildman–Crippen LogP) is 3.25. The molecule has 0 unspecified atom stereocenters. The quantitative estimate of drug-likeness (QED) is 0.859. The second-order valence-electron chi connectivity index (χ2n) is 6.85. The zero-order valence-corrected chi connectivity index (χ0v) is 14.5. The lowest BCUT2D eigenvalue weighted by Gasteiger charge is -2.37. The first kappa shape index (κ1) is 16.1. The molecule has 0 aliphatic carbocycles. The summed E-state index contributed by atoms with van der Waals surface area (Å²) < 4.78 is 5.22. The van der Waals surface area contributed by atoms with E-state index in [-0.39, 0.29) is 5.60 Å². The van der Waals surface area contributed by atoms with Crippen molar-refractivity contribution in [1.82, 2.24) is 9.88 Å². The molecule has 0 saturated carbocycles. The Bertz CT molecular complexity index is 735. The summed E-state index contributed by atoms with van der Waals surface area (Å²) in [4.78, 5) is 12.6. The number of likely N-dealkylation sites (tertiary alicyclic amines) is 1. The molecule has 0 amide bonds. The summed E-state index contributed by atoms with van der Waals surface area (Å²) in [5.74, 6) is 0.904. The highest BCUT2D eigenvalue weighted by atomic mass is 16.7. The number of methoxy groups -OCH3 is 1. The summed E-state index contributed by atoms with van der Waals surface area (Å²) in [6, 6.07) is 12.3. The van der Waals surface area contributed by atoms with Crippen LogP contribution in [0.2, 0.25) is 0 Å². The maximum Gasteiger partial charge on any atom is 0.145 e. The van der Waals surface area contributed by atoms with Crippen molar-refractivity contribution in [3.63, 3.8) is 0 Å². The first-order valence-corrected chi connectivity index (χ1v) is 8.77. The maximum absolute atomic E-state index is 5.89. The van der Waals surface area contributed by atoms with Crippen LogP contribution in [0.25, 0.3) is 0 Å². The molecule has 0 atom stereocenters. The Kier molecular flexibility index (Phi) is 4.40. The summed E-state index contributed by atoms with van der Waals surface area (Å²) in [7, 11) is 1.70. The number of piperidine rings is 1. The summed E-state index contributed by atoms with van der Waals surface area (Å²) in [5.41, 5.74) is 3.29. The van der Waals surface area contributed by atoms with Crippen LogP contribution < -0.4 is 4.74 Å². The fourth-order valence-electron chi connectivity index (χ4n) is 3.59. The molecule has 0 radical (unpaired) electrons. The lowest BCUT2D eigenvalue weighted by molar-refractivity contribution is -0.0627. The van der Waals surface area contributed by atoms with Gasteiger partial charge in [-0.2, -0.15) is 0 Å². The highest BCUT2D eigenvalue weighted by molar-refractivity contribution is 6.01. The van der Waals surface area contributed by atoms with Gasteiger partial charge in [0, 0.05) is 56.9 Å². The molecule has 130 valence electrons. The van der Waals surface area contributed by atoms with E-state index >= 15 is 0 Å². The first-order chi connectivity index (χ1) is 12.3.